The van der Waals surface area contributed by atoms with Gasteiger partial charge in [-0.15, -0.1) is 0 Å². The summed E-state index contributed by atoms with van der Waals surface area (Å²) in [5, 5.41) is 10.8. The molecule has 0 saturated carbocycles. The van der Waals surface area contributed by atoms with Crippen LogP contribution in [0.25, 0.3) is 0 Å². The summed E-state index contributed by atoms with van der Waals surface area (Å²) < 4.78 is 40.2. The molecule has 1 unspecified atom stereocenters. The van der Waals surface area contributed by atoms with E-state index < -0.39 is 31.3 Å². The highest BCUT2D eigenvalue weighted by Gasteiger charge is 2.30. The van der Waals surface area contributed by atoms with Crippen LogP contribution in [0.2, 0.25) is 0 Å². The first kappa shape index (κ1) is 16.5. The third-order valence-corrected chi connectivity index (χ3v) is 4.43. The fourth-order valence-electron chi connectivity index (χ4n) is 1.87. The van der Waals surface area contributed by atoms with Gasteiger partial charge in [0.2, 0.25) is 15.8 Å². The first-order chi connectivity index (χ1) is 9.33. The van der Waals surface area contributed by atoms with E-state index in [4.69, 9.17) is 0 Å². The van der Waals surface area contributed by atoms with Gasteiger partial charge >= 0.3 is 5.69 Å². The fourth-order valence-corrected chi connectivity index (χ4v) is 3.40. The number of nitrogens with zero attached hydrogens (tertiary/aromatic N) is 1. The van der Waals surface area contributed by atoms with Crippen LogP contribution in [0.1, 0.15) is 33.1 Å². The monoisotopic (exact) mass is 304 g/mol. The molecule has 0 bridgehead atoms. The minimum Gasteiger partial charge on any atom is -0.258 e. The molecular formula is C12H17FN2O4S. The molecule has 0 amide bonds. The average molecular weight is 304 g/mol. The van der Waals surface area contributed by atoms with Gasteiger partial charge in [0.05, 0.1) is 4.92 Å². The maximum absolute atomic E-state index is 13.5. The lowest BCUT2D eigenvalue weighted by Gasteiger charge is -2.16. The molecule has 0 spiro atoms. The third kappa shape index (κ3) is 3.73. The summed E-state index contributed by atoms with van der Waals surface area (Å²) >= 11 is 0. The van der Waals surface area contributed by atoms with Crippen LogP contribution in [-0.2, 0) is 10.0 Å². The Labute approximate surface area is 117 Å². The number of rotatable bonds is 7. The molecule has 0 fully saturated rings. The lowest BCUT2D eigenvalue weighted by molar-refractivity contribution is -0.390. The van der Waals surface area contributed by atoms with Crippen LogP contribution < -0.4 is 4.72 Å². The molecule has 0 aromatic heterocycles. The summed E-state index contributed by atoms with van der Waals surface area (Å²) in [6.07, 6.45) is 1.93. The molecule has 1 aromatic rings. The van der Waals surface area contributed by atoms with E-state index in [9.17, 15) is 22.9 Å². The van der Waals surface area contributed by atoms with Crippen LogP contribution in [0, 0.1) is 15.9 Å². The fraction of sp³-hybridized carbons (Fsp3) is 0.500. The molecule has 1 rings (SSSR count). The number of hydrogen-bond donors (Lipinski definition) is 1. The SMILES string of the molecule is CCCC(CC)NS(=O)(=O)c1cccc(F)c1[N+](=O)[O-]. The van der Waals surface area contributed by atoms with Crippen molar-refractivity contribution in [3.05, 3.63) is 34.1 Å². The first-order valence-electron chi connectivity index (χ1n) is 6.28. The maximum Gasteiger partial charge on any atom is 0.324 e. The van der Waals surface area contributed by atoms with E-state index in [2.05, 4.69) is 4.72 Å². The van der Waals surface area contributed by atoms with E-state index >= 15 is 0 Å². The Balaban J connectivity index is 3.22. The van der Waals surface area contributed by atoms with E-state index in [1.165, 1.54) is 0 Å². The molecule has 0 aliphatic rings. The Hall–Kier alpha value is -1.54. The van der Waals surface area contributed by atoms with Gasteiger partial charge in [-0.3, -0.25) is 10.1 Å². The summed E-state index contributed by atoms with van der Waals surface area (Å²) in [5.41, 5.74) is -1.02. The zero-order valence-corrected chi connectivity index (χ0v) is 12.1. The number of para-hydroxylation sites is 1. The quantitative estimate of drug-likeness (QED) is 0.619. The summed E-state index contributed by atoms with van der Waals surface area (Å²) in [7, 11) is -4.12. The molecule has 0 aliphatic heterocycles. The van der Waals surface area contributed by atoms with Gasteiger partial charge in [0.25, 0.3) is 0 Å². The standard InChI is InChI=1S/C12H17FN2O4S/c1-3-6-9(4-2)14-20(18,19)11-8-5-7-10(13)12(11)15(16)17/h5,7-9,14H,3-4,6H2,1-2H3. The summed E-state index contributed by atoms with van der Waals surface area (Å²) in [6.45, 7) is 3.71. The van der Waals surface area contributed by atoms with Crippen molar-refractivity contribution < 1.29 is 17.7 Å². The highest BCUT2D eigenvalue weighted by atomic mass is 32.2. The molecule has 112 valence electrons. The normalized spacial score (nSPS) is 13.2. The molecule has 1 N–H and O–H groups in total. The van der Waals surface area contributed by atoms with Gasteiger partial charge in [-0.25, -0.2) is 13.1 Å². The van der Waals surface area contributed by atoms with Gasteiger partial charge < -0.3 is 0 Å². The third-order valence-electron chi connectivity index (χ3n) is 2.87. The van der Waals surface area contributed by atoms with Gasteiger partial charge in [0.1, 0.15) is 0 Å². The van der Waals surface area contributed by atoms with E-state index in [0.29, 0.717) is 12.8 Å². The molecule has 1 aromatic carbocycles. The van der Waals surface area contributed by atoms with Crippen molar-refractivity contribution in [2.75, 3.05) is 0 Å². The molecule has 0 heterocycles. The lowest BCUT2D eigenvalue weighted by atomic mass is 10.1. The van der Waals surface area contributed by atoms with Crippen LogP contribution in [-0.4, -0.2) is 19.4 Å². The van der Waals surface area contributed by atoms with Gasteiger partial charge in [-0.1, -0.05) is 26.3 Å². The predicted molar refractivity (Wildman–Crippen MR) is 72.4 cm³/mol. The molecule has 1 atom stereocenters. The molecule has 6 nitrogen and oxygen atoms in total. The molecule has 20 heavy (non-hydrogen) atoms. The Morgan fingerprint density at radius 3 is 2.55 bits per heavy atom. The average Bonchev–Trinajstić information content (AvgIpc) is 2.37. The van der Waals surface area contributed by atoms with E-state index in [0.717, 1.165) is 24.6 Å². The number of nitrogens with one attached hydrogen (secondary N) is 1. The minimum atomic E-state index is -4.12. The van der Waals surface area contributed by atoms with E-state index in [-0.39, 0.29) is 6.04 Å². The molecule has 0 saturated heterocycles. The zero-order valence-electron chi connectivity index (χ0n) is 11.3. The second-order valence-corrected chi connectivity index (χ2v) is 6.04. The van der Waals surface area contributed by atoms with E-state index in [1.807, 2.05) is 13.8 Å². The first-order valence-corrected chi connectivity index (χ1v) is 7.77. The van der Waals surface area contributed by atoms with Crippen molar-refractivity contribution in [3.63, 3.8) is 0 Å². The highest BCUT2D eigenvalue weighted by Crippen LogP contribution is 2.26. The van der Waals surface area contributed by atoms with Gasteiger partial charge in [0, 0.05) is 6.04 Å². The van der Waals surface area contributed by atoms with Crippen LogP contribution in [0.5, 0.6) is 0 Å². The predicted octanol–water partition coefficient (Wildman–Crippen LogP) is 2.59. The van der Waals surface area contributed by atoms with Crippen molar-refractivity contribution in [3.8, 4) is 0 Å². The van der Waals surface area contributed by atoms with Crippen molar-refractivity contribution in [2.45, 2.75) is 44.0 Å². The number of sulfonamides is 1. The molecular weight excluding hydrogens is 287 g/mol. The zero-order chi connectivity index (χ0) is 15.3. The maximum atomic E-state index is 13.5. The van der Waals surface area contributed by atoms with Crippen LogP contribution in [0.3, 0.4) is 0 Å². The van der Waals surface area contributed by atoms with Crippen LogP contribution in [0.15, 0.2) is 23.1 Å². The Morgan fingerprint density at radius 1 is 1.40 bits per heavy atom. The van der Waals surface area contributed by atoms with Gasteiger partial charge in [0.15, 0.2) is 4.90 Å². The second kappa shape index (κ2) is 6.76. The van der Waals surface area contributed by atoms with Crippen LogP contribution >= 0.6 is 0 Å². The second-order valence-electron chi connectivity index (χ2n) is 4.36. The van der Waals surface area contributed by atoms with Crippen molar-refractivity contribution >= 4 is 15.7 Å². The Morgan fingerprint density at radius 2 is 2.05 bits per heavy atom. The van der Waals surface area contributed by atoms with Crippen LogP contribution in [0.4, 0.5) is 10.1 Å². The van der Waals surface area contributed by atoms with Gasteiger partial charge in [-0.2, -0.15) is 4.39 Å². The smallest absolute Gasteiger partial charge is 0.258 e. The highest BCUT2D eigenvalue weighted by molar-refractivity contribution is 7.89. The Bertz CT molecular complexity index is 589. The number of hydrogen-bond acceptors (Lipinski definition) is 4. The Kier molecular flexibility index (Phi) is 5.58. The topological polar surface area (TPSA) is 89.3 Å². The summed E-state index contributed by atoms with van der Waals surface area (Å²) in [6, 6.07) is 2.70. The van der Waals surface area contributed by atoms with Crippen molar-refractivity contribution in [1.29, 1.82) is 0 Å². The van der Waals surface area contributed by atoms with Gasteiger partial charge in [-0.05, 0) is 25.0 Å². The minimum absolute atomic E-state index is 0.326. The summed E-state index contributed by atoms with van der Waals surface area (Å²) in [4.78, 5) is 9.18. The number of nitro benzene ring substituents is 1. The summed E-state index contributed by atoms with van der Waals surface area (Å²) in [5.74, 6) is -1.17. The number of halogens is 1. The largest absolute Gasteiger partial charge is 0.324 e. The van der Waals surface area contributed by atoms with E-state index in [1.54, 1.807) is 0 Å². The molecule has 8 heteroatoms. The molecule has 0 aliphatic carbocycles. The van der Waals surface area contributed by atoms with Crippen molar-refractivity contribution in [1.82, 2.24) is 4.72 Å². The molecule has 0 radical (unpaired) electrons. The number of benzene rings is 1. The lowest BCUT2D eigenvalue weighted by Crippen LogP contribution is -2.34. The van der Waals surface area contributed by atoms with Crippen molar-refractivity contribution in [2.24, 2.45) is 0 Å². The number of nitro groups is 1.